The summed E-state index contributed by atoms with van der Waals surface area (Å²) in [6.07, 6.45) is 1.71. The quantitative estimate of drug-likeness (QED) is 0.526. The van der Waals surface area contributed by atoms with Crippen molar-refractivity contribution in [3.05, 3.63) is 59.5 Å². The molecule has 0 unspecified atom stereocenters. The minimum atomic E-state index is 0.985. The summed E-state index contributed by atoms with van der Waals surface area (Å²) in [5, 5.41) is 1.18. The van der Waals surface area contributed by atoms with Crippen LogP contribution in [0.25, 0.3) is 20.4 Å². The van der Waals surface area contributed by atoms with E-state index in [-0.39, 0.29) is 0 Å². The lowest BCUT2D eigenvalue weighted by molar-refractivity contribution is 0.249. The van der Waals surface area contributed by atoms with Crippen molar-refractivity contribution < 1.29 is 0 Å². The average Bonchev–Trinajstić information content (AvgIpc) is 3.08. The number of pyridine rings is 1. The van der Waals surface area contributed by atoms with E-state index in [0.29, 0.717) is 0 Å². The van der Waals surface area contributed by atoms with Crippen molar-refractivity contribution in [1.82, 2.24) is 19.9 Å². The van der Waals surface area contributed by atoms with Crippen molar-refractivity contribution in [1.29, 1.82) is 0 Å². The number of hydrogen-bond acceptors (Lipinski definition) is 6. The molecule has 6 heteroatoms. The minimum absolute atomic E-state index is 0.985. The molecule has 5 nitrogen and oxygen atoms in total. The average molecular weight is 390 g/mol. The van der Waals surface area contributed by atoms with Gasteiger partial charge in [-0.25, -0.2) is 15.0 Å². The summed E-state index contributed by atoms with van der Waals surface area (Å²) in [5.74, 6) is 1.06. The molecule has 4 aromatic rings. The summed E-state index contributed by atoms with van der Waals surface area (Å²) < 4.78 is 1.16. The highest BCUT2D eigenvalue weighted by molar-refractivity contribution is 7.26. The second-order valence-corrected chi connectivity index (χ2v) is 8.49. The molecule has 0 atom stereocenters. The Labute approximate surface area is 168 Å². The van der Waals surface area contributed by atoms with Gasteiger partial charge in [-0.05, 0) is 31.0 Å². The fourth-order valence-corrected chi connectivity index (χ4v) is 5.35. The number of fused-ring (bicyclic) bond motifs is 3. The fraction of sp³-hybridized carbons (Fsp3) is 0.318. The summed E-state index contributed by atoms with van der Waals surface area (Å²) in [6.45, 7) is 9.27. The number of hydrogen-bond donors (Lipinski definition) is 0. The Morgan fingerprint density at radius 3 is 2.57 bits per heavy atom. The molecule has 0 radical (unpaired) electrons. The third-order valence-electron chi connectivity index (χ3n) is 5.45. The van der Waals surface area contributed by atoms with Crippen molar-refractivity contribution in [2.45, 2.75) is 20.4 Å². The predicted octanol–water partition coefficient (Wildman–Crippen LogP) is 4.18. The Morgan fingerprint density at radius 1 is 1.00 bits per heavy atom. The van der Waals surface area contributed by atoms with Crippen LogP contribution < -0.4 is 4.90 Å². The molecule has 142 valence electrons. The molecule has 0 amide bonds. The Morgan fingerprint density at radius 2 is 1.79 bits per heavy atom. The first-order valence-electron chi connectivity index (χ1n) is 9.72. The van der Waals surface area contributed by atoms with Gasteiger partial charge in [0.25, 0.3) is 0 Å². The normalized spacial score (nSPS) is 15.6. The van der Waals surface area contributed by atoms with Crippen LogP contribution in [0.5, 0.6) is 0 Å². The molecule has 1 saturated heterocycles. The molecule has 0 aliphatic carbocycles. The molecule has 0 saturated carbocycles. The van der Waals surface area contributed by atoms with Gasteiger partial charge in [0, 0.05) is 43.8 Å². The van der Waals surface area contributed by atoms with Gasteiger partial charge < -0.3 is 4.90 Å². The predicted molar refractivity (Wildman–Crippen MR) is 116 cm³/mol. The van der Waals surface area contributed by atoms with Crippen LogP contribution in [0.2, 0.25) is 0 Å². The van der Waals surface area contributed by atoms with E-state index in [4.69, 9.17) is 4.98 Å². The zero-order valence-electron chi connectivity index (χ0n) is 16.2. The molecule has 4 heterocycles. The zero-order chi connectivity index (χ0) is 19.1. The van der Waals surface area contributed by atoms with Crippen molar-refractivity contribution >= 4 is 37.6 Å². The van der Waals surface area contributed by atoms with E-state index in [2.05, 4.69) is 70.0 Å². The lowest BCUT2D eigenvalue weighted by Gasteiger charge is -2.35. The summed E-state index contributed by atoms with van der Waals surface area (Å²) in [4.78, 5) is 20.0. The summed E-state index contributed by atoms with van der Waals surface area (Å²) in [5.41, 5.74) is 4.72. The number of aryl methyl sites for hydroxylation is 2. The van der Waals surface area contributed by atoms with Gasteiger partial charge in [0.15, 0.2) is 0 Å². The second kappa shape index (κ2) is 7.11. The van der Waals surface area contributed by atoms with Crippen LogP contribution in [0.3, 0.4) is 0 Å². The zero-order valence-corrected chi connectivity index (χ0v) is 17.0. The van der Waals surface area contributed by atoms with E-state index >= 15 is 0 Å². The van der Waals surface area contributed by atoms with Crippen LogP contribution in [-0.4, -0.2) is 46.0 Å². The van der Waals surface area contributed by atoms with Crippen molar-refractivity contribution in [3.63, 3.8) is 0 Å². The van der Waals surface area contributed by atoms with E-state index in [0.717, 1.165) is 59.3 Å². The van der Waals surface area contributed by atoms with Crippen LogP contribution in [-0.2, 0) is 6.54 Å². The molecule has 1 aromatic carbocycles. The first kappa shape index (κ1) is 17.5. The van der Waals surface area contributed by atoms with E-state index in [9.17, 15) is 0 Å². The molecule has 1 aliphatic heterocycles. The lowest BCUT2D eigenvalue weighted by Crippen LogP contribution is -2.46. The Balaban J connectivity index is 1.42. The van der Waals surface area contributed by atoms with Gasteiger partial charge in [0.2, 0.25) is 0 Å². The molecule has 0 N–H and O–H groups in total. The van der Waals surface area contributed by atoms with E-state index in [1.54, 1.807) is 17.7 Å². The number of nitrogens with zero attached hydrogens (tertiary/aromatic N) is 5. The summed E-state index contributed by atoms with van der Waals surface area (Å²) in [6, 6.07) is 12.8. The maximum Gasteiger partial charge on any atom is 0.150 e. The van der Waals surface area contributed by atoms with Gasteiger partial charge in [0.1, 0.15) is 17.0 Å². The first-order valence-corrected chi connectivity index (χ1v) is 10.5. The fourth-order valence-electron chi connectivity index (χ4n) is 4.08. The molecule has 1 fully saturated rings. The van der Waals surface area contributed by atoms with E-state index in [1.165, 1.54) is 16.5 Å². The van der Waals surface area contributed by atoms with Gasteiger partial charge in [-0.15, -0.1) is 11.3 Å². The van der Waals surface area contributed by atoms with Gasteiger partial charge in [-0.3, -0.25) is 4.90 Å². The molecule has 0 spiro atoms. The Bertz CT molecular complexity index is 1130. The standard InChI is InChI=1S/C22H23N5S/c1-15-12-16(2)25-22-18(15)19-20(28-22)21(24-14-23-19)27-10-8-26(9-11-27)13-17-6-4-3-5-7-17/h3-7,12,14H,8-11,13H2,1-2H3. The number of rotatable bonds is 3. The number of aromatic nitrogens is 3. The van der Waals surface area contributed by atoms with Crippen molar-refractivity contribution in [2.24, 2.45) is 0 Å². The summed E-state index contributed by atoms with van der Waals surface area (Å²) in [7, 11) is 0. The number of piperazine rings is 1. The Kier molecular flexibility index (Phi) is 4.45. The molecule has 0 bridgehead atoms. The molecular formula is C22H23N5S. The van der Waals surface area contributed by atoms with E-state index in [1.807, 2.05) is 0 Å². The molecular weight excluding hydrogens is 366 g/mol. The van der Waals surface area contributed by atoms with Crippen LogP contribution in [0.1, 0.15) is 16.8 Å². The smallest absolute Gasteiger partial charge is 0.150 e. The largest absolute Gasteiger partial charge is 0.353 e. The highest BCUT2D eigenvalue weighted by Crippen LogP contribution is 2.38. The Hall–Kier alpha value is -2.57. The van der Waals surface area contributed by atoms with Crippen LogP contribution in [0, 0.1) is 13.8 Å². The number of benzene rings is 1. The number of anilines is 1. The van der Waals surface area contributed by atoms with E-state index < -0.39 is 0 Å². The molecule has 3 aromatic heterocycles. The molecule has 5 rings (SSSR count). The maximum absolute atomic E-state index is 4.74. The van der Waals surface area contributed by atoms with Crippen molar-refractivity contribution in [2.75, 3.05) is 31.1 Å². The van der Waals surface area contributed by atoms with Crippen LogP contribution >= 0.6 is 11.3 Å². The van der Waals surface area contributed by atoms with Gasteiger partial charge >= 0.3 is 0 Å². The third kappa shape index (κ3) is 3.12. The highest BCUT2D eigenvalue weighted by atomic mass is 32.1. The van der Waals surface area contributed by atoms with Crippen LogP contribution in [0.4, 0.5) is 5.82 Å². The molecule has 28 heavy (non-hydrogen) atoms. The monoisotopic (exact) mass is 389 g/mol. The lowest BCUT2D eigenvalue weighted by atomic mass is 10.1. The second-order valence-electron chi connectivity index (χ2n) is 7.49. The molecule has 1 aliphatic rings. The SMILES string of the molecule is Cc1cc(C)c2c(n1)sc1c(N3CCN(Cc4ccccc4)CC3)ncnc12. The minimum Gasteiger partial charge on any atom is -0.353 e. The summed E-state index contributed by atoms with van der Waals surface area (Å²) >= 11 is 1.72. The van der Waals surface area contributed by atoms with Gasteiger partial charge in [-0.1, -0.05) is 30.3 Å². The number of thiophene rings is 1. The van der Waals surface area contributed by atoms with Crippen LogP contribution in [0.15, 0.2) is 42.7 Å². The highest BCUT2D eigenvalue weighted by Gasteiger charge is 2.22. The van der Waals surface area contributed by atoms with Gasteiger partial charge in [-0.2, -0.15) is 0 Å². The first-order chi connectivity index (χ1) is 13.7. The van der Waals surface area contributed by atoms with Gasteiger partial charge in [0.05, 0.1) is 10.2 Å². The topological polar surface area (TPSA) is 45.2 Å². The van der Waals surface area contributed by atoms with Crippen molar-refractivity contribution in [3.8, 4) is 0 Å². The third-order valence-corrected chi connectivity index (χ3v) is 6.52. The maximum atomic E-state index is 4.74.